The molecule has 11 nitrogen and oxygen atoms in total. The van der Waals surface area contributed by atoms with Crippen LogP contribution >= 0.6 is 22.6 Å². The van der Waals surface area contributed by atoms with Crippen LogP contribution in [0.5, 0.6) is 5.75 Å². The number of amides is 3. The number of alkyl halides is 3. The molecule has 1 atom stereocenters. The van der Waals surface area contributed by atoms with E-state index in [1.165, 1.54) is 64.9 Å². The summed E-state index contributed by atoms with van der Waals surface area (Å²) in [5, 5.41) is 19.0. The van der Waals surface area contributed by atoms with E-state index < -0.39 is 56.7 Å². The predicted molar refractivity (Wildman–Crippen MR) is 191 cm³/mol. The number of aromatic nitrogens is 2. The summed E-state index contributed by atoms with van der Waals surface area (Å²) in [4.78, 5) is 39.9. The van der Waals surface area contributed by atoms with Gasteiger partial charge in [0, 0.05) is 13.1 Å². The molecule has 1 aliphatic rings. The van der Waals surface area contributed by atoms with Crippen molar-refractivity contribution in [2.24, 2.45) is 5.92 Å². The van der Waals surface area contributed by atoms with Gasteiger partial charge in [0.1, 0.15) is 22.9 Å². The topological polar surface area (TPSA) is 135 Å². The van der Waals surface area contributed by atoms with Crippen LogP contribution < -0.4 is 15.4 Å². The molecule has 1 aliphatic carbocycles. The lowest BCUT2D eigenvalue weighted by atomic mass is 9.96. The van der Waals surface area contributed by atoms with Crippen LogP contribution in [-0.2, 0) is 17.5 Å². The molecular weight excluding hydrogens is 801 g/mol. The van der Waals surface area contributed by atoms with Crippen molar-refractivity contribution >= 4 is 46.4 Å². The van der Waals surface area contributed by atoms with E-state index in [1.54, 1.807) is 51.1 Å². The normalized spacial score (nSPS) is 13.6. The second kappa shape index (κ2) is 15.4. The van der Waals surface area contributed by atoms with Gasteiger partial charge < -0.3 is 25.2 Å². The predicted octanol–water partition coefficient (Wildman–Crippen LogP) is 8.40. The SMILES string of the molecule is COc1ccc(C(c2ccc(F)c(NC(=O)c3c(I)c(C(F)(F)F)nn3-c3cccc(CNC(=O)OC(C)(C)C)c3)c2)N(CC2CC2)C(=O)O)cc1. The number of rotatable bonds is 11. The molecule has 0 aliphatic heterocycles. The molecule has 0 bridgehead atoms. The number of halogens is 5. The van der Waals surface area contributed by atoms with E-state index >= 15 is 4.39 Å². The van der Waals surface area contributed by atoms with Crippen molar-refractivity contribution in [2.45, 2.75) is 58.0 Å². The molecule has 1 saturated carbocycles. The number of hydrogen-bond acceptors (Lipinski definition) is 6. The fourth-order valence-corrected chi connectivity index (χ4v) is 6.34. The van der Waals surface area contributed by atoms with Crippen molar-refractivity contribution in [1.29, 1.82) is 0 Å². The lowest BCUT2D eigenvalue weighted by molar-refractivity contribution is -0.142. The highest BCUT2D eigenvalue weighted by Crippen LogP contribution is 2.38. The van der Waals surface area contributed by atoms with E-state index in [9.17, 15) is 32.7 Å². The zero-order valence-corrected chi connectivity index (χ0v) is 30.7. The lowest BCUT2D eigenvalue weighted by Gasteiger charge is -2.31. The summed E-state index contributed by atoms with van der Waals surface area (Å²) in [6.45, 7) is 5.25. The first-order chi connectivity index (χ1) is 24.4. The quantitative estimate of drug-likeness (QED) is 0.102. The highest BCUT2D eigenvalue weighted by molar-refractivity contribution is 14.1. The van der Waals surface area contributed by atoms with Gasteiger partial charge in [-0.25, -0.2) is 18.7 Å². The van der Waals surface area contributed by atoms with E-state index in [4.69, 9.17) is 9.47 Å². The summed E-state index contributed by atoms with van der Waals surface area (Å²) >= 11 is 1.38. The summed E-state index contributed by atoms with van der Waals surface area (Å²) in [7, 11) is 1.49. The maximum absolute atomic E-state index is 15.4. The van der Waals surface area contributed by atoms with E-state index in [0.29, 0.717) is 22.4 Å². The number of nitrogens with one attached hydrogen (secondary N) is 2. The van der Waals surface area contributed by atoms with Crippen LogP contribution in [-0.4, -0.2) is 57.1 Å². The highest BCUT2D eigenvalue weighted by Gasteiger charge is 2.40. The van der Waals surface area contributed by atoms with E-state index in [1.807, 2.05) is 0 Å². The van der Waals surface area contributed by atoms with Gasteiger partial charge in [-0.15, -0.1) is 0 Å². The molecule has 4 aromatic rings. The zero-order valence-electron chi connectivity index (χ0n) is 28.6. The standard InChI is InChI=1S/C36H36F4IN5O6/c1-35(2,3)52-33(48)42-18-21-6-5-7-24(16-21)46-30(28(41)31(44-46)36(38,39)40)32(47)43-27-17-23(12-15-26(27)37)29(22-10-13-25(51-4)14-11-22)45(34(49)50)19-20-8-9-20/h5-7,10-17,20,29H,8-9,18-19H2,1-4H3,(H,42,48)(H,43,47)(H,49,50). The van der Waals surface area contributed by atoms with Crippen molar-refractivity contribution in [1.82, 2.24) is 20.0 Å². The van der Waals surface area contributed by atoms with Crippen LogP contribution in [0, 0.1) is 15.3 Å². The van der Waals surface area contributed by atoms with Crippen molar-refractivity contribution in [2.75, 3.05) is 19.0 Å². The summed E-state index contributed by atoms with van der Waals surface area (Å²) in [6, 6.07) is 15.5. The summed E-state index contributed by atoms with van der Waals surface area (Å²) in [5.74, 6) is -1.31. The number of benzene rings is 3. The number of anilines is 1. The number of methoxy groups -OCH3 is 1. The highest BCUT2D eigenvalue weighted by atomic mass is 127. The van der Waals surface area contributed by atoms with Crippen molar-refractivity contribution in [3.05, 3.63) is 104 Å². The molecule has 0 spiro atoms. The molecule has 1 heterocycles. The van der Waals surface area contributed by atoms with Gasteiger partial charge in [0.05, 0.1) is 28.1 Å². The smallest absolute Gasteiger partial charge is 0.436 e. The Hall–Kier alpha value is -4.87. The fraction of sp³-hybridized carbons (Fsp3) is 0.333. The maximum Gasteiger partial charge on any atom is 0.436 e. The zero-order chi connectivity index (χ0) is 38.0. The van der Waals surface area contributed by atoms with E-state index in [2.05, 4.69) is 15.7 Å². The molecule has 0 saturated heterocycles. The Balaban J connectivity index is 1.51. The number of carboxylic acid groups (broad SMARTS) is 1. The van der Waals surface area contributed by atoms with Crippen LogP contribution in [0.2, 0.25) is 0 Å². The molecule has 1 unspecified atom stereocenters. The van der Waals surface area contributed by atoms with Gasteiger partial charge >= 0.3 is 18.4 Å². The third kappa shape index (κ3) is 9.32. The second-order valence-electron chi connectivity index (χ2n) is 13.2. The molecule has 276 valence electrons. The molecule has 3 aromatic carbocycles. The van der Waals surface area contributed by atoms with Gasteiger partial charge in [0.2, 0.25) is 0 Å². The van der Waals surface area contributed by atoms with Gasteiger partial charge in [-0.3, -0.25) is 9.69 Å². The third-order valence-corrected chi connectivity index (χ3v) is 9.02. The molecule has 3 amide bonds. The average Bonchev–Trinajstić information content (AvgIpc) is 3.82. The van der Waals surface area contributed by atoms with Gasteiger partial charge in [-0.1, -0.05) is 30.3 Å². The minimum Gasteiger partial charge on any atom is -0.497 e. The number of carbonyl (C=O) groups excluding carboxylic acids is 2. The molecule has 52 heavy (non-hydrogen) atoms. The molecule has 16 heteroatoms. The second-order valence-corrected chi connectivity index (χ2v) is 14.3. The van der Waals surface area contributed by atoms with Crippen molar-refractivity contribution in [3.63, 3.8) is 0 Å². The van der Waals surface area contributed by atoms with Crippen molar-refractivity contribution < 1.29 is 46.5 Å². The lowest BCUT2D eigenvalue weighted by Crippen LogP contribution is -2.36. The molecule has 1 aromatic heterocycles. The Labute approximate surface area is 310 Å². The minimum absolute atomic E-state index is 0.0454. The first kappa shape index (κ1) is 38.4. The van der Waals surface area contributed by atoms with Crippen LogP contribution in [0.25, 0.3) is 5.69 Å². The average molecular weight is 838 g/mol. The number of alkyl carbamates (subject to hydrolysis) is 1. The molecule has 3 N–H and O–H groups in total. The first-order valence-electron chi connectivity index (χ1n) is 16.1. The summed E-state index contributed by atoms with van der Waals surface area (Å²) in [6.07, 6.45) is -5.13. The first-order valence-corrected chi connectivity index (χ1v) is 17.2. The fourth-order valence-electron chi connectivity index (χ4n) is 5.45. The Kier molecular flexibility index (Phi) is 11.4. The third-order valence-electron chi connectivity index (χ3n) is 8.00. The number of carbonyl (C=O) groups is 3. The van der Waals surface area contributed by atoms with E-state index in [-0.39, 0.29) is 30.4 Å². The molecule has 5 rings (SSSR count). The van der Waals surface area contributed by atoms with Gasteiger partial charge in [0.25, 0.3) is 5.91 Å². The summed E-state index contributed by atoms with van der Waals surface area (Å²) < 4.78 is 68.5. The summed E-state index contributed by atoms with van der Waals surface area (Å²) in [5.41, 5.74) is -1.60. The van der Waals surface area contributed by atoms with Crippen LogP contribution in [0.1, 0.15) is 72.5 Å². The number of nitrogens with zero attached hydrogens (tertiary/aromatic N) is 3. The van der Waals surface area contributed by atoms with Crippen LogP contribution in [0.3, 0.4) is 0 Å². The molecular formula is C36H36F4IN5O6. The Morgan fingerprint density at radius 1 is 1.04 bits per heavy atom. The Morgan fingerprint density at radius 3 is 2.31 bits per heavy atom. The van der Waals surface area contributed by atoms with Gasteiger partial charge in [-0.05, 0) is 115 Å². The Morgan fingerprint density at radius 2 is 1.71 bits per heavy atom. The number of ether oxygens (including phenoxy) is 2. The van der Waals surface area contributed by atoms with Crippen molar-refractivity contribution in [3.8, 4) is 11.4 Å². The van der Waals surface area contributed by atoms with Gasteiger partial charge in [-0.2, -0.15) is 18.3 Å². The Bertz CT molecular complexity index is 1960. The molecule has 1 fully saturated rings. The van der Waals surface area contributed by atoms with E-state index in [0.717, 1.165) is 23.6 Å². The van der Waals surface area contributed by atoms with Gasteiger partial charge in [0.15, 0.2) is 5.69 Å². The number of hydrogen-bond donors (Lipinski definition) is 3. The van der Waals surface area contributed by atoms with Crippen LogP contribution in [0.15, 0.2) is 66.7 Å². The van der Waals surface area contributed by atoms with Crippen LogP contribution in [0.4, 0.5) is 32.8 Å². The monoisotopic (exact) mass is 837 g/mol. The molecule has 0 radical (unpaired) electrons. The maximum atomic E-state index is 15.4. The minimum atomic E-state index is -4.94. The largest absolute Gasteiger partial charge is 0.497 e.